The lowest BCUT2D eigenvalue weighted by molar-refractivity contribution is -0.0730. The number of hydrogen-bond donors (Lipinski definition) is 2. The number of aliphatic hydroxyl groups is 1. The average molecular weight is 337 g/mol. The number of anilines is 1. The van der Waals surface area contributed by atoms with E-state index in [0.29, 0.717) is 23.6 Å². The van der Waals surface area contributed by atoms with Gasteiger partial charge in [0.2, 0.25) is 0 Å². The number of nitrogen functional groups attached to an aromatic ring is 1. The van der Waals surface area contributed by atoms with E-state index in [1.807, 2.05) is 0 Å². The van der Waals surface area contributed by atoms with Gasteiger partial charge < -0.3 is 25.1 Å². The van der Waals surface area contributed by atoms with Gasteiger partial charge in [-0.1, -0.05) is 13.3 Å². The van der Waals surface area contributed by atoms with Crippen molar-refractivity contribution in [1.29, 1.82) is 0 Å². The highest BCUT2D eigenvalue weighted by Crippen LogP contribution is 2.35. The van der Waals surface area contributed by atoms with Crippen LogP contribution in [0.5, 0.6) is 0 Å². The maximum atomic E-state index is 9.60. The molecule has 1 aliphatic heterocycles. The fraction of sp³-hybridized carbons (Fsp3) is 0.667. The summed E-state index contributed by atoms with van der Waals surface area (Å²) < 4.78 is 19.3. The first-order valence-electron chi connectivity index (χ1n) is 8.05. The topological polar surface area (TPSA) is 118 Å². The molecule has 1 fully saturated rings. The maximum Gasteiger partial charge on any atom is 0.167 e. The van der Waals surface area contributed by atoms with E-state index in [2.05, 4.69) is 21.9 Å². The molecule has 24 heavy (non-hydrogen) atoms. The summed E-state index contributed by atoms with van der Waals surface area (Å²) in [6.45, 7) is 2.52. The molecule has 3 heterocycles. The number of ether oxygens (including phenoxy) is 3. The number of unbranched alkanes of at least 4 members (excludes halogenated alkanes) is 1. The second kappa shape index (κ2) is 7.39. The first kappa shape index (κ1) is 17.0. The molecule has 0 aromatic carbocycles. The van der Waals surface area contributed by atoms with Gasteiger partial charge in [0.25, 0.3) is 0 Å². The maximum absolute atomic E-state index is 9.60. The van der Waals surface area contributed by atoms with Gasteiger partial charge >= 0.3 is 0 Å². The molecule has 4 atom stereocenters. The third-order valence-corrected chi connectivity index (χ3v) is 4.21. The Bertz CT molecular complexity index is 679. The predicted molar refractivity (Wildman–Crippen MR) is 86.2 cm³/mol. The lowest BCUT2D eigenvalue weighted by Crippen LogP contribution is -2.37. The monoisotopic (exact) mass is 337 g/mol. The third kappa shape index (κ3) is 2.95. The molecule has 3 N–H and O–H groups in total. The predicted octanol–water partition coefficient (Wildman–Crippen LogP) is 0.499. The van der Waals surface area contributed by atoms with Gasteiger partial charge in [0.1, 0.15) is 30.2 Å². The summed E-state index contributed by atoms with van der Waals surface area (Å²) in [5.74, 6) is 0.308. The van der Waals surface area contributed by atoms with E-state index in [1.54, 1.807) is 18.0 Å². The van der Waals surface area contributed by atoms with Crippen molar-refractivity contribution in [3.63, 3.8) is 0 Å². The van der Waals surface area contributed by atoms with Crippen molar-refractivity contribution in [2.45, 2.75) is 44.3 Å². The van der Waals surface area contributed by atoms with Gasteiger partial charge in [0.15, 0.2) is 17.7 Å². The Labute approximate surface area is 139 Å². The summed E-state index contributed by atoms with van der Waals surface area (Å²) in [6, 6.07) is 0. The highest BCUT2D eigenvalue weighted by atomic mass is 16.6. The third-order valence-electron chi connectivity index (χ3n) is 4.21. The highest BCUT2D eigenvalue weighted by molar-refractivity contribution is 5.81. The summed E-state index contributed by atoms with van der Waals surface area (Å²) >= 11 is 0. The first-order chi connectivity index (χ1) is 11.7. The standard InChI is InChI=1S/C15H23N5O4/c1-3-4-5-23-12-11(22-2)9(6-21)24-15(12)20-8-19-10-13(16)17-7-18-14(10)20/h7-9,11-12,15,21H,3-6H2,1-2H3,(H2,16,17,18)/t9-,11?,12?,15-/m1/s1. The molecule has 0 amide bonds. The minimum Gasteiger partial charge on any atom is -0.394 e. The normalized spacial score (nSPS) is 27.1. The van der Waals surface area contributed by atoms with Crippen LogP contribution in [-0.2, 0) is 14.2 Å². The Morgan fingerprint density at radius 2 is 2.17 bits per heavy atom. The molecule has 9 nitrogen and oxygen atoms in total. The lowest BCUT2D eigenvalue weighted by atomic mass is 10.1. The molecule has 0 spiro atoms. The molecule has 2 unspecified atom stereocenters. The number of fused-ring (bicyclic) bond motifs is 1. The molecule has 2 aromatic heterocycles. The fourth-order valence-electron chi connectivity index (χ4n) is 2.96. The Balaban J connectivity index is 1.94. The minimum atomic E-state index is -0.511. The molecule has 1 aliphatic rings. The van der Waals surface area contributed by atoms with Crippen molar-refractivity contribution in [3.8, 4) is 0 Å². The van der Waals surface area contributed by atoms with Crippen LogP contribution in [0.4, 0.5) is 5.82 Å². The van der Waals surface area contributed by atoms with Gasteiger partial charge in [0, 0.05) is 13.7 Å². The molecule has 0 bridgehead atoms. The van der Waals surface area contributed by atoms with Crippen LogP contribution in [0.1, 0.15) is 26.0 Å². The van der Waals surface area contributed by atoms with E-state index >= 15 is 0 Å². The van der Waals surface area contributed by atoms with Crippen molar-refractivity contribution in [2.24, 2.45) is 0 Å². The SMILES string of the molecule is CCCCOC1C(OC)[C@@H](CO)O[C@H]1n1cnc2c(N)ncnc21. The number of hydrogen-bond acceptors (Lipinski definition) is 8. The van der Waals surface area contributed by atoms with Gasteiger partial charge in [-0.3, -0.25) is 4.57 Å². The highest BCUT2D eigenvalue weighted by Gasteiger charge is 2.47. The number of aromatic nitrogens is 4. The van der Waals surface area contributed by atoms with Gasteiger partial charge in [-0.25, -0.2) is 15.0 Å². The zero-order valence-corrected chi connectivity index (χ0v) is 13.8. The van der Waals surface area contributed by atoms with Crippen LogP contribution in [-0.4, -0.2) is 63.3 Å². The van der Waals surface area contributed by atoms with Gasteiger partial charge in [-0.2, -0.15) is 0 Å². The largest absolute Gasteiger partial charge is 0.394 e. The average Bonchev–Trinajstić information content (AvgIpc) is 3.16. The van der Waals surface area contributed by atoms with E-state index in [1.165, 1.54) is 6.33 Å². The minimum absolute atomic E-state index is 0.160. The molecule has 0 aliphatic carbocycles. The molecule has 9 heteroatoms. The lowest BCUT2D eigenvalue weighted by Gasteiger charge is -2.23. The number of aliphatic hydroxyl groups excluding tert-OH is 1. The number of methoxy groups -OCH3 is 1. The van der Waals surface area contributed by atoms with Crippen molar-refractivity contribution in [2.75, 3.05) is 26.1 Å². The van der Waals surface area contributed by atoms with Crippen LogP contribution in [0.15, 0.2) is 12.7 Å². The quantitative estimate of drug-likeness (QED) is 0.701. The van der Waals surface area contributed by atoms with Crippen LogP contribution in [0.2, 0.25) is 0 Å². The van der Waals surface area contributed by atoms with E-state index in [-0.39, 0.29) is 18.8 Å². The Morgan fingerprint density at radius 3 is 2.88 bits per heavy atom. The van der Waals surface area contributed by atoms with Crippen LogP contribution in [0, 0.1) is 0 Å². The van der Waals surface area contributed by atoms with Gasteiger partial charge in [-0.05, 0) is 6.42 Å². The molecule has 0 saturated carbocycles. The van der Waals surface area contributed by atoms with E-state index < -0.39 is 12.3 Å². The zero-order valence-electron chi connectivity index (χ0n) is 13.8. The first-order valence-corrected chi connectivity index (χ1v) is 8.05. The van der Waals surface area contributed by atoms with E-state index in [4.69, 9.17) is 19.9 Å². The molecule has 3 rings (SSSR count). The Kier molecular flexibility index (Phi) is 5.24. The molecular weight excluding hydrogens is 314 g/mol. The summed E-state index contributed by atoms with van der Waals surface area (Å²) in [5.41, 5.74) is 6.91. The number of nitrogens with zero attached hydrogens (tertiary/aromatic N) is 4. The number of imidazole rings is 1. The second-order valence-electron chi connectivity index (χ2n) is 5.72. The smallest absolute Gasteiger partial charge is 0.167 e. The van der Waals surface area contributed by atoms with Crippen LogP contribution < -0.4 is 5.73 Å². The summed E-state index contributed by atoms with van der Waals surface area (Å²) in [5, 5.41) is 9.60. The molecule has 132 valence electrons. The van der Waals surface area contributed by atoms with Crippen molar-refractivity contribution >= 4 is 17.0 Å². The van der Waals surface area contributed by atoms with Crippen molar-refractivity contribution in [3.05, 3.63) is 12.7 Å². The van der Waals surface area contributed by atoms with Crippen molar-refractivity contribution < 1.29 is 19.3 Å². The Hall–Kier alpha value is -1.81. The molecule has 2 aromatic rings. The Morgan fingerprint density at radius 1 is 1.33 bits per heavy atom. The summed E-state index contributed by atoms with van der Waals surface area (Å²) in [7, 11) is 1.58. The van der Waals surface area contributed by atoms with Gasteiger partial charge in [0.05, 0.1) is 12.9 Å². The van der Waals surface area contributed by atoms with Crippen molar-refractivity contribution in [1.82, 2.24) is 19.5 Å². The molecule has 1 saturated heterocycles. The van der Waals surface area contributed by atoms with E-state index in [0.717, 1.165) is 12.8 Å². The number of nitrogens with two attached hydrogens (primary N) is 1. The fourth-order valence-corrected chi connectivity index (χ4v) is 2.96. The van der Waals surface area contributed by atoms with E-state index in [9.17, 15) is 5.11 Å². The number of rotatable bonds is 7. The molecular formula is C15H23N5O4. The zero-order chi connectivity index (χ0) is 17.1. The summed E-state index contributed by atoms with van der Waals surface area (Å²) in [6.07, 6.45) is 3.19. The van der Waals surface area contributed by atoms with Crippen LogP contribution in [0.25, 0.3) is 11.2 Å². The second-order valence-corrected chi connectivity index (χ2v) is 5.72. The van der Waals surface area contributed by atoms with Crippen LogP contribution in [0.3, 0.4) is 0 Å². The molecule has 0 radical (unpaired) electrons. The van der Waals surface area contributed by atoms with Crippen LogP contribution >= 0.6 is 0 Å². The summed E-state index contributed by atoms with van der Waals surface area (Å²) in [4.78, 5) is 12.5. The van der Waals surface area contributed by atoms with Gasteiger partial charge in [-0.15, -0.1) is 0 Å².